The van der Waals surface area contributed by atoms with Crippen LogP contribution in [0.15, 0.2) is 52.0 Å². The summed E-state index contributed by atoms with van der Waals surface area (Å²) in [7, 11) is 0. The molecule has 1 aliphatic heterocycles. The van der Waals surface area contributed by atoms with Crippen LogP contribution in [0.25, 0.3) is 0 Å². The van der Waals surface area contributed by atoms with E-state index in [9.17, 15) is 13.6 Å². The third-order valence-electron chi connectivity index (χ3n) is 3.92. The highest BCUT2D eigenvalue weighted by Gasteiger charge is 2.24. The van der Waals surface area contributed by atoms with E-state index < -0.39 is 5.76 Å². The molecule has 1 aromatic heterocycles. The lowest BCUT2D eigenvalue weighted by molar-refractivity contribution is 0.0661. The average Bonchev–Trinajstić information content (AvgIpc) is 3.17. The predicted molar refractivity (Wildman–Crippen MR) is 101 cm³/mol. The van der Waals surface area contributed by atoms with Crippen LogP contribution in [0.4, 0.5) is 14.5 Å². The minimum atomic E-state index is -2.44. The Morgan fingerprint density at radius 2 is 1.77 bits per heavy atom. The van der Waals surface area contributed by atoms with Crippen molar-refractivity contribution in [2.24, 2.45) is 0 Å². The van der Waals surface area contributed by atoms with Gasteiger partial charge in [-0.25, -0.2) is 0 Å². The lowest BCUT2D eigenvalue weighted by atomic mass is 10.3. The number of alkyl halides is 2. The lowest BCUT2D eigenvalue weighted by Gasteiger charge is -2.35. The van der Waals surface area contributed by atoms with Crippen LogP contribution in [-0.2, 0) is 0 Å². The number of nitrogens with one attached hydrogen (secondary N) is 1. The monoisotopic (exact) mass is 397 g/mol. The van der Waals surface area contributed by atoms with Gasteiger partial charge in [-0.3, -0.25) is 4.79 Å². The zero-order valence-corrected chi connectivity index (χ0v) is 15.4. The van der Waals surface area contributed by atoms with Gasteiger partial charge in [0.2, 0.25) is 0 Å². The van der Waals surface area contributed by atoms with Crippen LogP contribution in [0.3, 0.4) is 0 Å². The Bertz CT molecular complexity index is 746. The zero-order chi connectivity index (χ0) is 18.5. The first-order chi connectivity index (χ1) is 12.5. The highest BCUT2D eigenvalue weighted by atomic mass is 32.2. The summed E-state index contributed by atoms with van der Waals surface area (Å²) in [5.41, 5.74) is 0.739. The van der Waals surface area contributed by atoms with E-state index in [1.807, 2.05) is 4.90 Å². The molecular formula is C17H17F2N3O2S2. The van der Waals surface area contributed by atoms with Crippen LogP contribution in [0.5, 0.6) is 0 Å². The van der Waals surface area contributed by atoms with E-state index in [0.717, 1.165) is 5.69 Å². The third kappa shape index (κ3) is 4.73. The summed E-state index contributed by atoms with van der Waals surface area (Å²) in [6.07, 6.45) is 1.48. The molecule has 0 aliphatic carbocycles. The number of carbonyl (C=O) groups is 1. The fraction of sp³-hybridized carbons (Fsp3) is 0.294. The van der Waals surface area contributed by atoms with Crippen LogP contribution in [-0.4, -0.2) is 52.8 Å². The molecule has 1 N–H and O–H groups in total. The molecule has 0 bridgehead atoms. The summed E-state index contributed by atoms with van der Waals surface area (Å²) in [4.78, 5) is 16.5. The van der Waals surface area contributed by atoms with E-state index in [-0.39, 0.29) is 5.91 Å². The van der Waals surface area contributed by atoms with Crippen molar-refractivity contribution in [2.45, 2.75) is 10.7 Å². The van der Waals surface area contributed by atoms with Crippen LogP contribution in [0.2, 0.25) is 0 Å². The molecule has 1 saturated heterocycles. The predicted octanol–water partition coefficient (Wildman–Crippen LogP) is 3.75. The Balaban J connectivity index is 1.50. The molecule has 9 heteroatoms. The molecule has 0 saturated carbocycles. The number of anilines is 1. The summed E-state index contributed by atoms with van der Waals surface area (Å²) < 4.78 is 29.8. The molecule has 3 rings (SSSR count). The van der Waals surface area contributed by atoms with Crippen molar-refractivity contribution >= 4 is 40.7 Å². The molecule has 0 spiro atoms. The van der Waals surface area contributed by atoms with Gasteiger partial charge in [-0.05, 0) is 48.6 Å². The summed E-state index contributed by atoms with van der Waals surface area (Å²) in [5, 5.41) is 3.65. The maximum Gasteiger partial charge on any atom is 0.289 e. The van der Waals surface area contributed by atoms with E-state index in [2.05, 4.69) is 5.32 Å². The number of rotatable bonds is 4. The number of furan rings is 1. The summed E-state index contributed by atoms with van der Waals surface area (Å²) >= 11 is 5.92. The number of amides is 1. The largest absolute Gasteiger partial charge is 0.459 e. The molecule has 0 radical (unpaired) electrons. The number of hydrogen-bond donors (Lipinski definition) is 1. The molecule has 1 aromatic carbocycles. The van der Waals surface area contributed by atoms with Crippen molar-refractivity contribution in [3.63, 3.8) is 0 Å². The molecule has 2 heterocycles. The molecule has 1 aliphatic rings. The van der Waals surface area contributed by atoms with E-state index in [4.69, 9.17) is 16.6 Å². The van der Waals surface area contributed by atoms with Crippen molar-refractivity contribution < 1.29 is 18.0 Å². The number of carbonyl (C=O) groups excluding carboxylic acids is 1. The van der Waals surface area contributed by atoms with Crippen LogP contribution >= 0.6 is 24.0 Å². The normalized spacial score (nSPS) is 14.6. The lowest BCUT2D eigenvalue weighted by Crippen LogP contribution is -2.51. The van der Waals surface area contributed by atoms with Gasteiger partial charge in [0.15, 0.2) is 10.9 Å². The first-order valence-electron chi connectivity index (χ1n) is 7.96. The quantitative estimate of drug-likeness (QED) is 0.626. The van der Waals surface area contributed by atoms with Crippen LogP contribution in [0, 0.1) is 0 Å². The second kappa shape index (κ2) is 8.50. The van der Waals surface area contributed by atoms with Gasteiger partial charge in [0.1, 0.15) is 0 Å². The van der Waals surface area contributed by atoms with Gasteiger partial charge in [-0.2, -0.15) is 8.78 Å². The Kier molecular flexibility index (Phi) is 6.10. The molecule has 1 fully saturated rings. The van der Waals surface area contributed by atoms with Gasteiger partial charge < -0.3 is 19.5 Å². The van der Waals surface area contributed by atoms with Gasteiger partial charge in [0, 0.05) is 36.8 Å². The van der Waals surface area contributed by atoms with Gasteiger partial charge in [-0.15, -0.1) is 0 Å². The van der Waals surface area contributed by atoms with Gasteiger partial charge in [-0.1, -0.05) is 11.8 Å². The molecular weight excluding hydrogens is 380 g/mol. The fourth-order valence-electron chi connectivity index (χ4n) is 2.59. The van der Waals surface area contributed by atoms with Gasteiger partial charge in [0.05, 0.1) is 6.26 Å². The molecule has 2 aromatic rings. The number of hydrogen-bond acceptors (Lipinski definition) is 4. The number of thioether (sulfide) groups is 1. The van der Waals surface area contributed by atoms with E-state index in [1.54, 1.807) is 41.3 Å². The number of benzene rings is 1. The number of halogens is 2. The first-order valence-corrected chi connectivity index (χ1v) is 9.25. The van der Waals surface area contributed by atoms with Crippen molar-refractivity contribution in [3.8, 4) is 0 Å². The molecule has 5 nitrogen and oxygen atoms in total. The van der Waals surface area contributed by atoms with Crippen molar-refractivity contribution in [3.05, 3.63) is 48.4 Å². The topological polar surface area (TPSA) is 48.7 Å². The third-order valence-corrected chi connectivity index (χ3v) is 5.00. The smallest absolute Gasteiger partial charge is 0.289 e. The van der Waals surface area contributed by atoms with E-state index >= 15 is 0 Å². The Labute approximate surface area is 159 Å². The molecule has 138 valence electrons. The maximum atomic E-state index is 12.3. The second-order valence-corrected chi connectivity index (χ2v) is 7.04. The van der Waals surface area contributed by atoms with Gasteiger partial charge in [0.25, 0.3) is 11.7 Å². The first kappa shape index (κ1) is 18.7. The highest BCUT2D eigenvalue weighted by molar-refractivity contribution is 7.99. The summed E-state index contributed by atoms with van der Waals surface area (Å²) in [6, 6.07) is 10.0. The van der Waals surface area contributed by atoms with Gasteiger partial charge >= 0.3 is 0 Å². The highest BCUT2D eigenvalue weighted by Crippen LogP contribution is 2.26. The molecule has 0 atom stereocenters. The SMILES string of the molecule is O=C(c1ccco1)N1CCN(C(=S)Nc2ccc(SC(F)F)cc2)CC1. The Morgan fingerprint density at radius 1 is 1.12 bits per heavy atom. The summed E-state index contributed by atoms with van der Waals surface area (Å²) in [5.74, 6) is -2.23. The van der Waals surface area contributed by atoms with E-state index in [1.165, 1.54) is 6.26 Å². The number of piperazine rings is 1. The minimum absolute atomic E-state index is 0.124. The van der Waals surface area contributed by atoms with Crippen LogP contribution < -0.4 is 5.32 Å². The molecule has 1 amide bonds. The average molecular weight is 397 g/mol. The summed E-state index contributed by atoms with van der Waals surface area (Å²) in [6.45, 7) is 2.31. The fourth-order valence-corrected chi connectivity index (χ4v) is 3.39. The standard InChI is InChI=1S/C17H17F2N3O2S2/c18-16(19)26-13-5-3-12(4-6-13)20-17(25)22-9-7-21(8-10-22)15(23)14-2-1-11-24-14/h1-6,11,16H,7-10H2,(H,20,25). The van der Waals surface area contributed by atoms with Crippen molar-refractivity contribution in [1.29, 1.82) is 0 Å². The minimum Gasteiger partial charge on any atom is -0.459 e. The molecule has 0 unspecified atom stereocenters. The Morgan fingerprint density at radius 3 is 2.35 bits per heavy atom. The second-order valence-electron chi connectivity index (χ2n) is 5.59. The van der Waals surface area contributed by atoms with Crippen LogP contribution in [0.1, 0.15) is 10.6 Å². The van der Waals surface area contributed by atoms with E-state index in [0.29, 0.717) is 53.7 Å². The maximum absolute atomic E-state index is 12.3. The van der Waals surface area contributed by atoms with Crippen molar-refractivity contribution in [1.82, 2.24) is 9.80 Å². The van der Waals surface area contributed by atoms with Crippen molar-refractivity contribution in [2.75, 3.05) is 31.5 Å². The number of thiocarbonyl (C=S) groups is 1. The Hall–Kier alpha value is -2.13. The molecule has 26 heavy (non-hydrogen) atoms. The zero-order valence-electron chi connectivity index (χ0n) is 13.7. The number of nitrogens with zero attached hydrogens (tertiary/aromatic N) is 2.